The number of aliphatic carboxylic acids is 1. The fraction of sp³-hybridized carbons (Fsp3) is 0.875. The molecular weight excluding hydrogens is 220 g/mol. The molecule has 0 saturated carbocycles. The molecule has 0 spiro atoms. The summed E-state index contributed by atoms with van der Waals surface area (Å²) in [5.41, 5.74) is 3.94. The standard InChI is InChI=1S/C4H11NO3.C2H7NO.C2H4O2/c5-4(1-6,2-7)3-8;1-3-2-4;1-2(3)4/h6-8H,1-3,5H2;3-4H,2H2,1H3;1H3,(H,3,4). The van der Waals surface area contributed by atoms with Crippen molar-refractivity contribution in [3.05, 3.63) is 0 Å². The highest BCUT2D eigenvalue weighted by Crippen LogP contribution is 1.93. The molecule has 0 heterocycles. The van der Waals surface area contributed by atoms with Gasteiger partial charge in [0, 0.05) is 6.92 Å². The van der Waals surface area contributed by atoms with E-state index < -0.39 is 31.3 Å². The van der Waals surface area contributed by atoms with Crippen LogP contribution < -0.4 is 11.1 Å². The van der Waals surface area contributed by atoms with Gasteiger partial charge in [0.15, 0.2) is 0 Å². The van der Waals surface area contributed by atoms with E-state index in [2.05, 4.69) is 5.32 Å². The third-order valence-electron chi connectivity index (χ3n) is 1.10. The lowest BCUT2D eigenvalue weighted by molar-refractivity contribution is -0.134. The number of nitrogens with one attached hydrogen (secondary N) is 1. The average molecular weight is 242 g/mol. The molecule has 0 aromatic carbocycles. The van der Waals surface area contributed by atoms with E-state index >= 15 is 0 Å². The van der Waals surface area contributed by atoms with Gasteiger partial charge in [-0.3, -0.25) is 10.1 Å². The van der Waals surface area contributed by atoms with Crippen molar-refractivity contribution in [1.82, 2.24) is 5.32 Å². The molecule has 8 N–H and O–H groups in total. The van der Waals surface area contributed by atoms with Crippen molar-refractivity contribution in [1.29, 1.82) is 0 Å². The summed E-state index contributed by atoms with van der Waals surface area (Å²) in [6, 6.07) is 0. The number of hydrogen-bond acceptors (Lipinski definition) is 7. The van der Waals surface area contributed by atoms with Gasteiger partial charge in [-0.25, -0.2) is 0 Å². The summed E-state index contributed by atoms with van der Waals surface area (Å²) < 4.78 is 0. The van der Waals surface area contributed by atoms with Gasteiger partial charge in [-0.2, -0.15) is 0 Å². The average Bonchev–Trinajstić information content (AvgIpc) is 2.27. The number of carboxylic acid groups (broad SMARTS) is 1. The monoisotopic (exact) mass is 242 g/mol. The van der Waals surface area contributed by atoms with Crippen molar-refractivity contribution in [2.45, 2.75) is 12.5 Å². The van der Waals surface area contributed by atoms with Crippen molar-refractivity contribution in [3.63, 3.8) is 0 Å². The number of aliphatic hydroxyl groups excluding tert-OH is 4. The van der Waals surface area contributed by atoms with Crippen LogP contribution in [0.2, 0.25) is 0 Å². The van der Waals surface area contributed by atoms with Crippen molar-refractivity contribution in [2.24, 2.45) is 5.73 Å². The number of nitrogens with two attached hydrogens (primary N) is 1. The van der Waals surface area contributed by atoms with E-state index in [1.807, 2.05) is 0 Å². The van der Waals surface area contributed by atoms with Crippen LogP contribution in [0.4, 0.5) is 0 Å². The highest BCUT2D eigenvalue weighted by atomic mass is 16.4. The molecule has 0 amide bonds. The fourth-order valence-corrected chi connectivity index (χ4v) is 0.150. The third kappa shape index (κ3) is 23.2. The summed E-state index contributed by atoms with van der Waals surface area (Å²) >= 11 is 0. The highest BCUT2D eigenvalue weighted by Gasteiger charge is 2.20. The smallest absolute Gasteiger partial charge is 0.300 e. The minimum absolute atomic E-state index is 0.0694. The van der Waals surface area contributed by atoms with Gasteiger partial charge in [0.2, 0.25) is 0 Å². The SMILES string of the molecule is CC(=O)O.CNCO.NC(CO)(CO)CO. The first-order valence-electron chi connectivity index (χ1n) is 4.40. The van der Waals surface area contributed by atoms with Crippen LogP contribution in [-0.4, -0.2) is 70.6 Å². The summed E-state index contributed by atoms with van der Waals surface area (Å²) in [5, 5.41) is 42.7. The lowest BCUT2D eigenvalue weighted by Gasteiger charge is -2.20. The number of aliphatic hydroxyl groups is 4. The minimum Gasteiger partial charge on any atom is -0.481 e. The van der Waals surface area contributed by atoms with Gasteiger partial charge < -0.3 is 31.3 Å². The fourth-order valence-electron chi connectivity index (χ4n) is 0.150. The maximum absolute atomic E-state index is 9.00. The molecule has 0 aliphatic rings. The first-order chi connectivity index (χ1) is 7.33. The Morgan fingerprint density at radius 3 is 1.38 bits per heavy atom. The molecule has 0 saturated heterocycles. The number of carboxylic acids is 1. The van der Waals surface area contributed by atoms with E-state index in [1.54, 1.807) is 7.05 Å². The van der Waals surface area contributed by atoms with E-state index in [1.165, 1.54) is 0 Å². The Labute approximate surface area is 94.3 Å². The molecule has 0 aliphatic heterocycles. The Kier molecular flexibility index (Phi) is 18.3. The van der Waals surface area contributed by atoms with Gasteiger partial charge in [0.05, 0.1) is 32.1 Å². The highest BCUT2D eigenvalue weighted by molar-refractivity contribution is 5.62. The maximum Gasteiger partial charge on any atom is 0.300 e. The molecule has 8 heteroatoms. The normalized spacial score (nSPS) is 9.44. The van der Waals surface area contributed by atoms with E-state index in [0.717, 1.165) is 6.92 Å². The minimum atomic E-state index is -1.21. The van der Waals surface area contributed by atoms with Crippen LogP contribution in [0.25, 0.3) is 0 Å². The topological polar surface area (TPSA) is 156 Å². The quantitative estimate of drug-likeness (QED) is 0.256. The van der Waals surface area contributed by atoms with Gasteiger partial charge in [-0.1, -0.05) is 0 Å². The van der Waals surface area contributed by atoms with Gasteiger partial charge in [-0.15, -0.1) is 0 Å². The molecular formula is C8H22N2O6. The van der Waals surface area contributed by atoms with Crippen LogP contribution in [0.3, 0.4) is 0 Å². The van der Waals surface area contributed by atoms with Crippen molar-refractivity contribution < 1.29 is 30.3 Å². The molecule has 0 radical (unpaired) electrons. The molecule has 0 atom stereocenters. The van der Waals surface area contributed by atoms with Crippen molar-refractivity contribution in [2.75, 3.05) is 33.6 Å². The Hall–Kier alpha value is -0.770. The predicted octanol–water partition coefficient (Wildman–Crippen LogP) is -3.09. The molecule has 100 valence electrons. The molecule has 0 bridgehead atoms. The van der Waals surface area contributed by atoms with Crippen LogP contribution in [0, 0.1) is 0 Å². The van der Waals surface area contributed by atoms with E-state index in [0.29, 0.717) is 0 Å². The predicted molar refractivity (Wildman–Crippen MR) is 57.6 cm³/mol. The molecule has 8 nitrogen and oxygen atoms in total. The van der Waals surface area contributed by atoms with E-state index in [-0.39, 0.29) is 6.73 Å². The molecule has 0 aromatic rings. The summed E-state index contributed by atoms with van der Waals surface area (Å²) in [6.45, 7) is -0.0556. The van der Waals surface area contributed by atoms with Crippen molar-refractivity contribution >= 4 is 5.97 Å². The van der Waals surface area contributed by atoms with Crippen LogP contribution in [0.5, 0.6) is 0 Å². The molecule has 0 unspecified atom stereocenters. The van der Waals surface area contributed by atoms with E-state index in [4.69, 9.17) is 36.1 Å². The van der Waals surface area contributed by atoms with Crippen LogP contribution in [0.1, 0.15) is 6.92 Å². The molecule has 0 fully saturated rings. The summed E-state index contributed by atoms with van der Waals surface area (Å²) in [7, 11) is 1.68. The zero-order valence-corrected chi connectivity index (χ0v) is 9.55. The van der Waals surface area contributed by atoms with Gasteiger partial charge in [-0.05, 0) is 7.05 Å². The van der Waals surface area contributed by atoms with Crippen LogP contribution >= 0.6 is 0 Å². The maximum atomic E-state index is 9.00. The Morgan fingerprint density at radius 1 is 1.19 bits per heavy atom. The van der Waals surface area contributed by atoms with Crippen molar-refractivity contribution in [3.8, 4) is 0 Å². The second-order valence-corrected chi connectivity index (χ2v) is 2.87. The molecule has 16 heavy (non-hydrogen) atoms. The number of rotatable bonds is 4. The summed E-state index contributed by atoms with van der Waals surface area (Å²) in [5.74, 6) is -0.833. The van der Waals surface area contributed by atoms with Crippen LogP contribution in [-0.2, 0) is 4.79 Å². The number of hydrogen-bond donors (Lipinski definition) is 7. The third-order valence-corrected chi connectivity index (χ3v) is 1.10. The van der Waals surface area contributed by atoms with Gasteiger partial charge in [0.25, 0.3) is 5.97 Å². The zero-order valence-electron chi connectivity index (χ0n) is 9.55. The zero-order chi connectivity index (χ0) is 13.6. The Bertz CT molecular complexity index is 137. The molecule has 0 rings (SSSR count). The summed E-state index contributed by atoms with van der Waals surface area (Å²) in [4.78, 5) is 9.00. The number of carbonyl (C=O) groups is 1. The van der Waals surface area contributed by atoms with Gasteiger partial charge in [0.1, 0.15) is 0 Å². The molecule has 0 aliphatic carbocycles. The lowest BCUT2D eigenvalue weighted by atomic mass is 10.1. The Morgan fingerprint density at radius 2 is 1.38 bits per heavy atom. The Balaban J connectivity index is -0.000000179. The van der Waals surface area contributed by atoms with Gasteiger partial charge >= 0.3 is 0 Å². The summed E-state index contributed by atoms with van der Waals surface area (Å²) in [6.07, 6.45) is 0. The lowest BCUT2D eigenvalue weighted by Crippen LogP contribution is -2.50. The largest absolute Gasteiger partial charge is 0.481 e. The first kappa shape index (κ1) is 20.6. The second kappa shape index (κ2) is 14.2. The van der Waals surface area contributed by atoms with E-state index in [9.17, 15) is 0 Å². The first-order valence-corrected chi connectivity index (χ1v) is 4.40. The second-order valence-electron chi connectivity index (χ2n) is 2.87. The van der Waals surface area contributed by atoms with Crippen LogP contribution in [0.15, 0.2) is 0 Å². The molecule has 0 aromatic heterocycles.